The SMILES string of the molecule is CC[C@H](C)[C@@H]([C@@H](CC(=O)N1CCC[C@H]1[C@H](OC)[C@@H](C)C(=O)N[C@H](C)[C@@H](O)c1ccccc1)OC)N(C)C(=O)[C@@H](NC(=O)[C@H](C(C)C)N(C)C(=O)OCc1ccc(NC(=O)[C@H](C)NC(=O)[C@H](CCC(=O)O)NC(=O)[C@@H](CC(C)C)NC(=O)CCN2C(=O)C=CC2=O)cc1)C(C)C. The van der Waals surface area contributed by atoms with Crippen molar-refractivity contribution >= 4 is 76.8 Å². The smallest absolute Gasteiger partial charge is 0.410 e. The maximum Gasteiger partial charge on any atom is 0.410 e. The number of aliphatic hydroxyl groups is 1. The number of rotatable bonds is 37. The van der Waals surface area contributed by atoms with E-state index in [-0.39, 0.29) is 68.2 Å². The number of hydrogen-bond acceptors (Lipinski definition) is 16. The van der Waals surface area contributed by atoms with Crippen molar-refractivity contribution in [2.75, 3.05) is 46.7 Å². The quantitative estimate of drug-likeness (QED) is 0.0439. The lowest BCUT2D eigenvalue weighted by molar-refractivity contribution is -0.148. The van der Waals surface area contributed by atoms with Crippen LogP contribution in [0.25, 0.3) is 0 Å². The Morgan fingerprint density at radius 2 is 1.32 bits per heavy atom. The number of aliphatic carboxylic acids is 1. The maximum atomic E-state index is 14.8. The number of amides is 11. The van der Waals surface area contributed by atoms with Gasteiger partial charge in [-0.15, -0.1) is 0 Å². The standard InChI is InChI=1S/C68H102N10O17/c1-16-41(8)59(51(93-14)36-55(82)77-33-20-23-50(77)61(94-15)42(9)62(86)69-43(10)60(85)46-21-18-17-19-22-46)75(12)67(91)57(39(4)5)74-66(90)58(40(6)7)76(13)68(92)95-37-45-24-26-47(27-25-45)71-63(87)44(11)70-64(88)48(28-31-56(83)84)73-65(89)49(35-38(2)3)72-52(79)32-34-78-53(80)29-30-54(78)81/h17-19,21-22,24-27,29-30,38-44,48-51,57-61,85H,16,20,23,28,31-37H2,1-15H3,(H,69,86)(H,70,88)(H,71,87)(H,72,79)(H,73,89)(H,74,90)(H,83,84)/t41-,42+,43+,44-,48-,49+,50-,51+,57-,58-,59-,60+,61+/m0/s1. The molecule has 0 bridgehead atoms. The highest BCUT2D eigenvalue weighted by atomic mass is 16.6. The number of anilines is 1. The number of hydrogen-bond donors (Lipinski definition) is 8. The number of likely N-dealkylation sites (tertiary alicyclic amines) is 1. The first-order chi connectivity index (χ1) is 44.8. The summed E-state index contributed by atoms with van der Waals surface area (Å²) in [5.41, 5.74) is 1.44. The molecule has 0 radical (unpaired) electrons. The third kappa shape index (κ3) is 23.0. The molecule has 8 N–H and O–H groups in total. The van der Waals surface area contributed by atoms with Gasteiger partial charge in [0.2, 0.25) is 47.3 Å². The molecule has 2 heterocycles. The highest BCUT2D eigenvalue weighted by molar-refractivity contribution is 6.13. The fraction of sp³-hybridized carbons (Fsp3) is 0.618. The second-order valence-electron chi connectivity index (χ2n) is 25.9. The largest absolute Gasteiger partial charge is 0.481 e. The maximum absolute atomic E-state index is 14.8. The summed E-state index contributed by atoms with van der Waals surface area (Å²) in [5, 5.41) is 36.5. The first kappa shape index (κ1) is 79.1. The van der Waals surface area contributed by atoms with Crippen LogP contribution in [-0.2, 0) is 73.6 Å². The minimum atomic E-state index is -1.44. The minimum Gasteiger partial charge on any atom is -0.481 e. The van der Waals surface area contributed by atoms with Crippen molar-refractivity contribution < 1.29 is 82.0 Å². The summed E-state index contributed by atoms with van der Waals surface area (Å²) >= 11 is 0. The lowest BCUT2D eigenvalue weighted by Gasteiger charge is -2.41. The molecule has 13 atom stereocenters. The number of carboxylic acid groups (broad SMARTS) is 1. The molecular weight excluding hydrogens is 1230 g/mol. The molecule has 0 unspecified atom stereocenters. The highest BCUT2D eigenvalue weighted by Gasteiger charge is 2.44. The predicted molar refractivity (Wildman–Crippen MR) is 352 cm³/mol. The van der Waals surface area contributed by atoms with E-state index in [1.54, 1.807) is 91.6 Å². The minimum absolute atomic E-state index is 0.101. The van der Waals surface area contributed by atoms with Gasteiger partial charge in [0.25, 0.3) is 11.8 Å². The first-order valence-corrected chi connectivity index (χ1v) is 32.7. The molecule has 27 heteroatoms. The molecule has 0 aromatic heterocycles. The molecule has 2 aliphatic rings. The monoisotopic (exact) mass is 1330 g/mol. The van der Waals surface area contributed by atoms with Crippen molar-refractivity contribution in [3.63, 3.8) is 0 Å². The van der Waals surface area contributed by atoms with Gasteiger partial charge in [0, 0.05) is 72.1 Å². The summed E-state index contributed by atoms with van der Waals surface area (Å²) in [6.07, 6.45) is -0.415. The number of nitrogens with one attached hydrogen (secondary N) is 6. The average Bonchev–Trinajstić information content (AvgIpc) is 1.80. The van der Waals surface area contributed by atoms with Gasteiger partial charge in [-0.05, 0) is 86.5 Å². The van der Waals surface area contributed by atoms with E-state index in [1.165, 1.54) is 45.2 Å². The molecule has 4 rings (SSSR count). The molecule has 95 heavy (non-hydrogen) atoms. The summed E-state index contributed by atoms with van der Waals surface area (Å²) in [7, 11) is 6.03. The van der Waals surface area contributed by atoms with E-state index in [2.05, 4.69) is 31.9 Å². The summed E-state index contributed by atoms with van der Waals surface area (Å²) in [4.78, 5) is 165. The molecule has 526 valence electrons. The number of aliphatic hydroxyl groups excluding tert-OH is 1. The van der Waals surface area contributed by atoms with Crippen LogP contribution in [0.1, 0.15) is 145 Å². The van der Waals surface area contributed by atoms with Crippen molar-refractivity contribution in [1.29, 1.82) is 0 Å². The van der Waals surface area contributed by atoms with Crippen molar-refractivity contribution in [2.45, 2.75) is 201 Å². The molecule has 0 saturated carbocycles. The lowest BCUT2D eigenvalue weighted by atomic mass is 9.89. The fourth-order valence-electron chi connectivity index (χ4n) is 11.9. The van der Waals surface area contributed by atoms with Crippen molar-refractivity contribution in [3.8, 4) is 0 Å². The van der Waals surface area contributed by atoms with E-state index >= 15 is 0 Å². The zero-order valence-electron chi connectivity index (χ0n) is 57.7. The molecule has 11 amide bonds. The number of benzene rings is 2. The molecule has 0 aliphatic carbocycles. The van der Waals surface area contributed by atoms with Gasteiger partial charge in [0.05, 0.1) is 48.8 Å². The zero-order chi connectivity index (χ0) is 71.1. The van der Waals surface area contributed by atoms with E-state index in [1.807, 2.05) is 32.0 Å². The van der Waals surface area contributed by atoms with E-state index < -0.39 is 150 Å². The topological polar surface area (TPSA) is 358 Å². The number of imide groups is 1. The molecule has 0 spiro atoms. The van der Waals surface area contributed by atoms with Crippen molar-refractivity contribution in [1.82, 2.24) is 46.2 Å². The molecule has 2 aromatic carbocycles. The van der Waals surface area contributed by atoms with Crippen LogP contribution in [0.3, 0.4) is 0 Å². The van der Waals surface area contributed by atoms with Gasteiger partial charge in [-0.2, -0.15) is 0 Å². The molecule has 2 aliphatic heterocycles. The third-order valence-corrected chi connectivity index (χ3v) is 17.5. The van der Waals surface area contributed by atoms with Gasteiger partial charge in [-0.25, -0.2) is 4.79 Å². The Balaban J connectivity index is 1.36. The molecule has 1 fully saturated rings. The fourth-order valence-corrected chi connectivity index (χ4v) is 11.9. The zero-order valence-corrected chi connectivity index (χ0v) is 57.7. The number of methoxy groups -OCH3 is 2. The number of carboxylic acids is 1. The summed E-state index contributed by atoms with van der Waals surface area (Å²) in [5.74, 6) is -8.95. The van der Waals surface area contributed by atoms with Crippen LogP contribution in [0.15, 0.2) is 66.7 Å². The number of carbonyl (C=O) groups is 12. The summed E-state index contributed by atoms with van der Waals surface area (Å²) in [6.45, 7) is 19.4. The van der Waals surface area contributed by atoms with Gasteiger partial charge < -0.3 is 66.1 Å². The predicted octanol–water partition coefficient (Wildman–Crippen LogP) is 4.22. The van der Waals surface area contributed by atoms with Crippen LogP contribution in [0, 0.1) is 29.6 Å². The van der Waals surface area contributed by atoms with Crippen LogP contribution in [0.2, 0.25) is 0 Å². The highest BCUT2D eigenvalue weighted by Crippen LogP contribution is 2.31. The molecular formula is C68H102N10O17. The number of carbonyl (C=O) groups excluding carboxylic acids is 11. The first-order valence-electron chi connectivity index (χ1n) is 32.7. The van der Waals surface area contributed by atoms with E-state index in [0.29, 0.717) is 36.9 Å². The third-order valence-electron chi connectivity index (χ3n) is 17.5. The summed E-state index contributed by atoms with van der Waals surface area (Å²) in [6, 6.07) is 7.52. The average molecular weight is 1330 g/mol. The Labute approximate surface area is 557 Å². The molecule has 1 saturated heterocycles. The van der Waals surface area contributed by atoms with E-state index in [0.717, 1.165) is 22.0 Å². The van der Waals surface area contributed by atoms with Crippen LogP contribution in [-0.4, -0.2) is 203 Å². The Morgan fingerprint density at radius 1 is 0.695 bits per heavy atom. The number of ether oxygens (including phenoxy) is 3. The van der Waals surface area contributed by atoms with Gasteiger partial charge >= 0.3 is 12.1 Å². The Morgan fingerprint density at radius 3 is 1.87 bits per heavy atom. The lowest BCUT2D eigenvalue weighted by Crippen LogP contribution is -2.60. The van der Waals surface area contributed by atoms with Crippen molar-refractivity contribution in [3.05, 3.63) is 77.9 Å². The van der Waals surface area contributed by atoms with Gasteiger partial charge in [-0.1, -0.05) is 111 Å². The second kappa shape index (κ2) is 37.7. The van der Waals surface area contributed by atoms with E-state index in [9.17, 15) is 67.7 Å². The Kier molecular flexibility index (Phi) is 31.4. The summed E-state index contributed by atoms with van der Waals surface area (Å²) < 4.78 is 17.7. The van der Waals surface area contributed by atoms with E-state index in [4.69, 9.17) is 14.2 Å². The Bertz CT molecular complexity index is 2980. The number of nitrogens with zero attached hydrogens (tertiary/aromatic N) is 4. The Hall–Kier alpha value is -8.30. The van der Waals surface area contributed by atoms with Gasteiger partial charge in [0.15, 0.2) is 0 Å². The van der Waals surface area contributed by atoms with Crippen LogP contribution in [0.4, 0.5) is 10.5 Å². The molecule has 2 aromatic rings. The second-order valence-corrected chi connectivity index (χ2v) is 25.9. The van der Waals surface area contributed by atoms with Crippen molar-refractivity contribution in [2.24, 2.45) is 29.6 Å². The van der Waals surface area contributed by atoms with Crippen LogP contribution in [0.5, 0.6) is 0 Å². The normalized spacial score (nSPS) is 17.7. The van der Waals surface area contributed by atoms with Gasteiger partial charge in [0.1, 0.15) is 36.8 Å². The van der Waals surface area contributed by atoms with Gasteiger partial charge in [-0.3, -0.25) is 62.5 Å². The number of likely N-dealkylation sites (N-methyl/N-ethyl adjacent to an activating group) is 2. The van der Waals surface area contributed by atoms with Crippen LogP contribution < -0.4 is 31.9 Å². The molecule has 27 nitrogen and oxygen atoms in total. The van der Waals surface area contributed by atoms with Crippen LogP contribution >= 0.6 is 0 Å².